The van der Waals surface area contributed by atoms with Crippen molar-refractivity contribution in [3.8, 4) is 5.75 Å². The average molecular weight is 417 g/mol. The number of nitrogens with one attached hydrogen (secondary N) is 1. The van der Waals surface area contributed by atoms with E-state index in [9.17, 15) is 4.79 Å². The molecule has 1 aliphatic rings. The molecule has 0 atom stereocenters. The van der Waals surface area contributed by atoms with Crippen LogP contribution in [0, 0.1) is 0 Å². The lowest BCUT2D eigenvalue weighted by atomic mass is 10.3. The highest BCUT2D eigenvalue weighted by molar-refractivity contribution is 7.22. The molecule has 1 aromatic heterocycles. The number of benzene rings is 2. The first-order chi connectivity index (χ1) is 13.7. The van der Waals surface area contributed by atoms with Crippen LogP contribution in [-0.4, -0.2) is 48.7 Å². The van der Waals surface area contributed by atoms with Crippen molar-refractivity contribution in [2.45, 2.75) is 6.92 Å². The van der Waals surface area contributed by atoms with Gasteiger partial charge in [-0.1, -0.05) is 41.1 Å². The summed E-state index contributed by atoms with van der Waals surface area (Å²) < 4.78 is 6.80. The van der Waals surface area contributed by atoms with Crippen molar-refractivity contribution in [3.05, 3.63) is 47.5 Å². The summed E-state index contributed by atoms with van der Waals surface area (Å²) in [5.41, 5.74) is 1.54. The van der Waals surface area contributed by atoms with Gasteiger partial charge in [-0.15, -0.1) is 0 Å². The van der Waals surface area contributed by atoms with Gasteiger partial charge in [0.15, 0.2) is 5.13 Å². The van der Waals surface area contributed by atoms with Gasteiger partial charge in [-0.3, -0.25) is 0 Å². The first-order valence-electron chi connectivity index (χ1n) is 9.23. The van der Waals surface area contributed by atoms with Gasteiger partial charge in [-0.05, 0) is 31.2 Å². The Morgan fingerprint density at radius 3 is 2.71 bits per heavy atom. The van der Waals surface area contributed by atoms with Crippen molar-refractivity contribution in [1.29, 1.82) is 0 Å². The van der Waals surface area contributed by atoms with E-state index in [-0.39, 0.29) is 6.03 Å². The quantitative estimate of drug-likeness (QED) is 0.669. The fraction of sp³-hybridized carbons (Fsp3) is 0.300. The van der Waals surface area contributed by atoms with Crippen molar-refractivity contribution in [1.82, 2.24) is 9.88 Å². The monoisotopic (exact) mass is 416 g/mol. The Kier molecular flexibility index (Phi) is 5.54. The molecule has 4 rings (SSSR count). The summed E-state index contributed by atoms with van der Waals surface area (Å²) in [5.74, 6) is 0.820. The van der Waals surface area contributed by atoms with Crippen molar-refractivity contribution >= 4 is 50.0 Å². The van der Waals surface area contributed by atoms with Crippen LogP contribution in [0.25, 0.3) is 10.2 Å². The molecule has 0 radical (unpaired) electrons. The molecule has 2 amide bonds. The highest BCUT2D eigenvalue weighted by Gasteiger charge is 2.24. The van der Waals surface area contributed by atoms with Crippen LogP contribution in [-0.2, 0) is 0 Å². The highest BCUT2D eigenvalue weighted by Crippen LogP contribution is 2.34. The average Bonchev–Trinajstić information content (AvgIpc) is 3.15. The van der Waals surface area contributed by atoms with E-state index in [0.717, 1.165) is 34.2 Å². The maximum absolute atomic E-state index is 12.5. The number of carbonyl (C=O) groups is 1. The number of anilines is 2. The fourth-order valence-electron chi connectivity index (χ4n) is 3.18. The lowest BCUT2D eigenvalue weighted by Crippen LogP contribution is -2.50. The second-order valence-corrected chi connectivity index (χ2v) is 7.83. The van der Waals surface area contributed by atoms with E-state index >= 15 is 0 Å². The smallest absolute Gasteiger partial charge is 0.322 e. The standard InChI is InChI=1S/C20H21ClN4O2S/c1-2-27-16-8-5-9-17-18(16)23-20(28-17)25-12-10-24(11-13-25)19(26)22-15-7-4-3-6-14(15)21/h3-9H,2,10-13H2,1H3,(H,22,26). The number of urea groups is 1. The third kappa shape index (κ3) is 3.86. The predicted molar refractivity (Wildman–Crippen MR) is 115 cm³/mol. The summed E-state index contributed by atoms with van der Waals surface area (Å²) in [4.78, 5) is 21.3. The number of hydrogen-bond donors (Lipinski definition) is 1. The zero-order valence-corrected chi connectivity index (χ0v) is 17.1. The number of aromatic nitrogens is 1. The number of nitrogens with zero attached hydrogens (tertiary/aromatic N) is 3. The molecule has 0 aliphatic carbocycles. The van der Waals surface area contributed by atoms with Gasteiger partial charge >= 0.3 is 6.03 Å². The zero-order valence-electron chi connectivity index (χ0n) is 15.5. The SMILES string of the molecule is CCOc1cccc2sc(N3CCN(C(=O)Nc4ccccc4Cl)CC3)nc12. The number of rotatable bonds is 4. The van der Waals surface area contributed by atoms with E-state index in [1.165, 1.54) is 0 Å². The molecule has 6 nitrogen and oxygen atoms in total. The van der Waals surface area contributed by atoms with Crippen molar-refractivity contribution in [2.24, 2.45) is 0 Å². The maximum atomic E-state index is 12.5. The first-order valence-corrected chi connectivity index (χ1v) is 10.4. The number of halogens is 1. The van der Waals surface area contributed by atoms with Crippen LogP contribution in [0.4, 0.5) is 15.6 Å². The van der Waals surface area contributed by atoms with E-state index in [2.05, 4.69) is 16.3 Å². The Labute approximate surface area is 172 Å². The summed E-state index contributed by atoms with van der Waals surface area (Å²) in [6.45, 7) is 5.32. The molecular formula is C20H21ClN4O2S. The number of thiazole rings is 1. The van der Waals surface area contributed by atoms with Crippen LogP contribution in [0.3, 0.4) is 0 Å². The molecule has 1 saturated heterocycles. The van der Waals surface area contributed by atoms with Crippen molar-refractivity contribution in [3.63, 3.8) is 0 Å². The number of carbonyl (C=O) groups excluding carboxylic acids is 1. The second-order valence-electron chi connectivity index (χ2n) is 6.42. The summed E-state index contributed by atoms with van der Waals surface area (Å²) >= 11 is 7.78. The number of ether oxygens (including phenoxy) is 1. The summed E-state index contributed by atoms with van der Waals surface area (Å²) in [6, 6.07) is 13.1. The van der Waals surface area contributed by atoms with Gasteiger partial charge in [0.1, 0.15) is 11.3 Å². The predicted octanol–water partition coefficient (Wildman–Crippen LogP) is 4.70. The Morgan fingerprint density at radius 1 is 1.18 bits per heavy atom. The van der Waals surface area contributed by atoms with Gasteiger partial charge in [0.25, 0.3) is 0 Å². The van der Waals surface area contributed by atoms with E-state index in [1.807, 2.05) is 31.2 Å². The zero-order chi connectivity index (χ0) is 19.5. The molecule has 3 aromatic rings. The molecule has 0 spiro atoms. The van der Waals surface area contributed by atoms with Crippen LogP contribution in [0.5, 0.6) is 5.75 Å². The molecule has 8 heteroatoms. The normalized spacial score (nSPS) is 14.4. The number of hydrogen-bond acceptors (Lipinski definition) is 5. The largest absolute Gasteiger partial charge is 0.492 e. The molecule has 0 saturated carbocycles. The highest BCUT2D eigenvalue weighted by atomic mass is 35.5. The molecule has 0 unspecified atom stereocenters. The number of fused-ring (bicyclic) bond motifs is 1. The van der Waals surface area contributed by atoms with E-state index < -0.39 is 0 Å². The molecule has 1 aliphatic heterocycles. The second kappa shape index (κ2) is 8.24. The summed E-state index contributed by atoms with van der Waals surface area (Å²) in [5, 5.41) is 4.39. The third-order valence-electron chi connectivity index (χ3n) is 4.62. The van der Waals surface area contributed by atoms with E-state index in [1.54, 1.807) is 28.4 Å². The summed E-state index contributed by atoms with van der Waals surface area (Å²) in [7, 11) is 0. The molecule has 28 heavy (non-hydrogen) atoms. The van der Waals surface area contributed by atoms with Crippen molar-refractivity contribution in [2.75, 3.05) is 43.0 Å². The van der Waals surface area contributed by atoms with Crippen molar-refractivity contribution < 1.29 is 9.53 Å². The Hall–Kier alpha value is -2.51. The van der Waals surface area contributed by atoms with E-state index in [0.29, 0.717) is 30.4 Å². The Morgan fingerprint density at radius 2 is 1.96 bits per heavy atom. The molecule has 0 bridgehead atoms. The minimum absolute atomic E-state index is 0.129. The topological polar surface area (TPSA) is 57.7 Å². The molecule has 146 valence electrons. The van der Waals surface area contributed by atoms with Gasteiger partial charge in [0, 0.05) is 26.2 Å². The van der Waals surface area contributed by atoms with Gasteiger partial charge in [0.05, 0.1) is 22.0 Å². The Bertz CT molecular complexity index is 985. The van der Waals surface area contributed by atoms with Gasteiger partial charge < -0.3 is 19.9 Å². The molecular weight excluding hydrogens is 396 g/mol. The van der Waals surface area contributed by atoms with Gasteiger partial charge in [0.2, 0.25) is 0 Å². The van der Waals surface area contributed by atoms with E-state index in [4.69, 9.17) is 21.3 Å². The van der Waals surface area contributed by atoms with Crippen LogP contribution in [0.2, 0.25) is 5.02 Å². The number of amides is 2. The van der Waals surface area contributed by atoms with Gasteiger partial charge in [-0.25, -0.2) is 9.78 Å². The fourth-order valence-corrected chi connectivity index (χ4v) is 4.39. The summed E-state index contributed by atoms with van der Waals surface area (Å²) in [6.07, 6.45) is 0. The number of piperazine rings is 1. The van der Waals surface area contributed by atoms with Crippen LogP contribution < -0.4 is 15.0 Å². The Balaban J connectivity index is 1.41. The lowest BCUT2D eigenvalue weighted by molar-refractivity contribution is 0.208. The molecule has 2 aromatic carbocycles. The minimum Gasteiger partial charge on any atom is -0.492 e. The minimum atomic E-state index is -0.129. The number of para-hydroxylation sites is 2. The lowest BCUT2D eigenvalue weighted by Gasteiger charge is -2.34. The van der Waals surface area contributed by atoms with Gasteiger partial charge in [-0.2, -0.15) is 0 Å². The van der Waals surface area contributed by atoms with Crippen LogP contribution in [0.15, 0.2) is 42.5 Å². The maximum Gasteiger partial charge on any atom is 0.322 e. The first kappa shape index (κ1) is 18.8. The molecule has 1 N–H and O–H groups in total. The van der Waals surface area contributed by atoms with Crippen LogP contribution >= 0.6 is 22.9 Å². The third-order valence-corrected chi connectivity index (χ3v) is 6.03. The molecule has 1 fully saturated rings. The molecule has 2 heterocycles. The van der Waals surface area contributed by atoms with Crippen LogP contribution in [0.1, 0.15) is 6.92 Å².